The Kier molecular flexibility index (Phi) is 7.05. The minimum Gasteiger partial charge on any atom is -0.479 e. The molecule has 0 aromatic carbocycles. The summed E-state index contributed by atoms with van der Waals surface area (Å²) < 4.78 is 0. The van der Waals surface area contributed by atoms with Crippen molar-refractivity contribution in [3.8, 4) is 0 Å². The molecule has 0 aliphatic rings. The van der Waals surface area contributed by atoms with Gasteiger partial charge in [-0.15, -0.1) is 6.58 Å². The second-order valence-corrected chi connectivity index (χ2v) is 3.99. The summed E-state index contributed by atoms with van der Waals surface area (Å²) in [6.07, 6.45) is 7.09. The van der Waals surface area contributed by atoms with Gasteiger partial charge in [0.1, 0.15) is 0 Å². The highest BCUT2D eigenvalue weighted by atomic mass is 16.4. The van der Waals surface area contributed by atoms with Gasteiger partial charge in [-0.2, -0.15) is 0 Å². The molecular formula is C12H22O3. The molecule has 1 atom stereocenters. The molecule has 0 saturated heterocycles. The number of carboxylic acids is 1. The Morgan fingerprint density at radius 2 is 1.93 bits per heavy atom. The fraction of sp³-hybridized carbons (Fsp3) is 0.750. The maximum absolute atomic E-state index is 10.8. The first-order valence-electron chi connectivity index (χ1n) is 5.63. The van der Waals surface area contributed by atoms with Gasteiger partial charge in [0.25, 0.3) is 0 Å². The zero-order chi connectivity index (χ0) is 11.7. The van der Waals surface area contributed by atoms with Crippen LogP contribution in [0.1, 0.15) is 51.9 Å². The lowest BCUT2D eigenvalue weighted by Crippen LogP contribution is -2.37. The third-order valence-electron chi connectivity index (χ3n) is 2.57. The second-order valence-electron chi connectivity index (χ2n) is 3.99. The van der Waals surface area contributed by atoms with Crippen LogP contribution in [0.25, 0.3) is 0 Å². The maximum Gasteiger partial charge on any atom is 0.335 e. The molecule has 15 heavy (non-hydrogen) atoms. The third kappa shape index (κ3) is 5.57. The van der Waals surface area contributed by atoms with Crippen molar-refractivity contribution < 1.29 is 15.0 Å². The van der Waals surface area contributed by atoms with Gasteiger partial charge in [-0.25, -0.2) is 4.79 Å². The van der Waals surface area contributed by atoms with Crippen LogP contribution < -0.4 is 0 Å². The summed E-state index contributed by atoms with van der Waals surface area (Å²) in [5.41, 5.74) is -1.60. The van der Waals surface area contributed by atoms with Crippen LogP contribution in [0.2, 0.25) is 0 Å². The summed E-state index contributed by atoms with van der Waals surface area (Å²) in [6.45, 7) is 5.59. The van der Waals surface area contributed by atoms with E-state index in [-0.39, 0.29) is 6.42 Å². The molecule has 0 radical (unpaired) electrons. The zero-order valence-electron chi connectivity index (χ0n) is 9.54. The quantitative estimate of drug-likeness (QED) is 0.458. The predicted octanol–water partition coefficient (Wildman–Crippen LogP) is 2.74. The smallest absolute Gasteiger partial charge is 0.335 e. The van der Waals surface area contributed by atoms with E-state index in [0.29, 0.717) is 6.42 Å². The van der Waals surface area contributed by atoms with E-state index in [1.807, 2.05) is 0 Å². The van der Waals surface area contributed by atoms with E-state index in [9.17, 15) is 9.90 Å². The SMILES string of the molecule is C=CCC(O)(CCCCCCC)C(=O)O. The van der Waals surface area contributed by atoms with E-state index >= 15 is 0 Å². The minimum atomic E-state index is -1.60. The Hall–Kier alpha value is -0.830. The van der Waals surface area contributed by atoms with E-state index in [2.05, 4.69) is 13.5 Å². The summed E-state index contributed by atoms with van der Waals surface area (Å²) in [4.78, 5) is 10.8. The average molecular weight is 214 g/mol. The largest absolute Gasteiger partial charge is 0.479 e. The number of hydrogen-bond donors (Lipinski definition) is 2. The van der Waals surface area contributed by atoms with Crippen LogP contribution in [0.3, 0.4) is 0 Å². The monoisotopic (exact) mass is 214 g/mol. The summed E-state index contributed by atoms with van der Waals surface area (Å²) in [6, 6.07) is 0. The lowest BCUT2D eigenvalue weighted by atomic mass is 9.92. The zero-order valence-corrected chi connectivity index (χ0v) is 9.54. The van der Waals surface area contributed by atoms with Crippen molar-refractivity contribution >= 4 is 5.97 Å². The number of unbranched alkanes of at least 4 members (excludes halogenated alkanes) is 4. The number of rotatable bonds is 9. The Balaban J connectivity index is 3.86. The van der Waals surface area contributed by atoms with Gasteiger partial charge in [0.2, 0.25) is 0 Å². The first kappa shape index (κ1) is 14.2. The van der Waals surface area contributed by atoms with Gasteiger partial charge >= 0.3 is 5.97 Å². The van der Waals surface area contributed by atoms with Crippen LogP contribution in [-0.4, -0.2) is 21.8 Å². The highest BCUT2D eigenvalue weighted by Crippen LogP contribution is 2.20. The molecule has 88 valence electrons. The minimum absolute atomic E-state index is 0.121. The highest BCUT2D eigenvalue weighted by Gasteiger charge is 2.33. The molecule has 0 rings (SSSR count). The van der Waals surface area contributed by atoms with E-state index in [4.69, 9.17) is 5.11 Å². The molecule has 0 aliphatic heterocycles. The Bertz CT molecular complexity index is 201. The number of hydrogen-bond acceptors (Lipinski definition) is 2. The molecule has 0 aromatic heterocycles. The maximum atomic E-state index is 10.8. The highest BCUT2D eigenvalue weighted by molar-refractivity contribution is 5.77. The summed E-state index contributed by atoms with van der Waals surface area (Å²) in [7, 11) is 0. The van der Waals surface area contributed by atoms with Gasteiger partial charge in [0.05, 0.1) is 0 Å². The molecule has 0 spiro atoms. The molecule has 0 amide bonds. The number of aliphatic hydroxyl groups is 1. The van der Waals surface area contributed by atoms with Crippen molar-refractivity contribution in [2.45, 2.75) is 57.5 Å². The molecule has 0 bridgehead atoms. The van der Waals surface area contributed by atoms with Gasteiger partial charge in [-0.1, -0.05) is 38.7 Å². The van der Waals surface area contributed by atoms with Crippen LogP contribution in [0, 0.1) is 0 Å². The van der Waals surface area contributed by atoms with Crippen LogP contribution in [-0.2, 0) is 4.79 Å². The summed E-state index contributed by atoms with van der Waals surface area (Å²) in [5, 5.41) is 18.6. The van der Waals surface area contributed by atoms with Crippen LogP contribution >= 0.6 is 0 Å². The van der Waals surface area contributed by atoms with Gasteiger partial charge in [0.15, 0.2) is 5.60 Å². The van der Waals surface area contributed by atoms with Crippen molar-refractivity contribution in [3.05, 3.63) is 12.7 Å². The Morgan fingerprint density at radius 1 is 1.33 bits per heavy atom. The van der Waals surface area contributed by atoms with Gasteiger partial charge < -0.3 is 10.2 Å². The van der Waals surface area contributed by atoms with Crippen molar-refractivity contribution in [2.75, 3.05) is 0 Å². The molecule has 1 unspecified atom stereocenters. The van der Waals surface area contributed by atoms with Crippen molar-refractivity contribution in [3.63, 3.8) is 0 Å². The van der Waals surface area contributed by atoms with Crippen molar-refractivity contribution in [1.82, 2.24) is 0 Å². The van der Waals surface area contributed by atoms with E-state index in [1.165, 1.54) is 12.5 Å². The van der Waals surface area contributed by atoms with E-state index in [0.717, 1.165) is 25.7 Å². The second kappa shape index (κ2) is 7.46. The normalized spacial score (nSPS) is 14.5. The number of carbonyl (C=O) groups is 1. The Labute approximate surface area is 91.8 Å². The molecule has 2 N–H and O–H groups in total. The lowest BCUT2D eigenvalue weighted by molar-refractivity contribution is -0.159. The predicted molar refractivity (Wildman–Crippen MR) is 60.8 cm³/mol. The third-order valence-corrected chi connectivity index (χ3v) is 2.57. The van der Waals surface area contributed by atoms with E-state index in [1.54, 1.807) is 0 Å². The number of aliphatic carboxylic acids is 1. The first-order valence-corrected chi connectivity index (χ1v) is 5.63. The van der Waals surface area contributed by atoms with E-state index < -0.39 is 11.6 Å². The molecule has 0 heterocycles. The molecule has 0 saturated carbocycles. The fourth-order valence-corrected chi connectivity index (χ4v) is 1.56. The lowest BCUT2D eigenvalue weighted by Gasteiger charge is -2.21. The van der Waals surface area contributed by atoms with Crippen molar-refractivity contribution in [2.24, 2.45) is 0 Å². The first-order chi connectivity index (χ1) is 7.06. The van der Waals surface area contributed by atoms with Gasteiger partial charge in [-0.05, 0) is 12.8 Å². The molecule has 3 heteroatoms. The average Bonchev–Trinajstić information content (AvgIpc) is 2.18. The van der Waals surface area contributed by atoms with Gasteiger partial charge in [0, 0.05) is 6.42 Å². The summed E-state index contributed by atoms with van der Waals surface area (Å²) in [5.74, 6) is -1.14. The summed E-state index contributed by atoms with van der Waals surface area (Å²) >= 11 is 0. The molecule has 0 fully saturated rings. The fourth-order valence-electron chi connectivity index (χ4n) is 1.56. The standard InChI is InChI=1S/C12H22O3/c1-3-5-6-7-8-10-12(15,9-4-2)11(13)14/h4,15H,2-3,5-10H2,1H3,(H,13,14). The molecular weight excluding hydrogens is 192 g/mol. The van der Waals surface area contributed by atoms with Crippen LogP contribution in [0.15, 0.2) is 12.7 Å². The molecule has 0 aromatic rings. The molecule has 0 aliphatic carbocycles. The van der Waals surface area contributed by atoms with Crippen molar-refractivity contribution in [1.29, 1.82) is 0 Å². The Morgan fingerprint density at radius 3 is 2.40 bits per heavy atom. The number of carboxylic acid groups (broad SMARTS) is 1. The molecule has 3 nitrogen and oxygen atoms in total. The van der Waals surface area contributed by atoms with Crippen LogP contribution in [0.4, 0.5) is 0 Å². The topological polar surface area (TPSA) is 57.5 Å². The van der Waals surface area contributed by atoms with Gasteiger partial charge in [-0.3, -0.25) is 0 Å². The van der Waals surface area contributed by atoms with Crippen LogP contribution in [0.5, 0.6) is 0 Å².